The quantitative estimate of drug-likeness (QED) is 0.892. The average molecular weight is 274 g/mol. The molecule has 1 aromatic rings. The predicted octanol–water partition coefficient (Wildman–Crippen LogP) is 1.64. The molecule has 82 valence electrons. The molecule has 1 aliphatic rings. The number of carbonyl (C=O) groups is 1. The lowest BCUT2D eigenvalue weighted by atomic mass is 10.2. The van der Waals surface area contributed by atoms with Gasteiger partial charge < -0.3 is 14.4 Å². The number of likely N-dealkylation sites (tertiary alicyclic amines) is 1. The number of hydrogen-bond acceptors (Lipinski definition) is 3. The number of aliphatic hydroxyl groups excluding tert-OH is 1. The van der Waals surface area contributed by atoms with Crippen molar-refractivity contribution in [3.8, 4) is 0 Å². The van der Waals surface area contributed by atoms with Gasteiger partial charge in [0.15, 0.2) is 4.67 Å². The van der Waals surface area contributed by atoms with Gasteiger partial charge in [0.05, 0.1) is 24.5 Å². The zero-order valence-electron chi connectivity index (χ0n) is 8.15. The molecule has 0 bridgehead atoms. The third kappa shape index (κ3) is 1.94. The van der Waals surface area contributed by atoms with Crippen molar-refractivity contribution in [1.82, 2.24) is 4.90 Å². The number of rotatable bonds is 2. The van der Waals surface area contributed by atoms with E-state index in [0.717, 1.165) is 12.8 Å². The smallest absolute Gasteiger partial charge is 0.258 e. The zero-order chi connectivity index (χ0) is 10.8. The monoisotopic (exact) mass is 273 g/mol. The van der Waals surface area contributed by atoms with Crippen LogP contribution < -0.4 is 0 Å². The van der Waals surface area contributed by atoms with Crippen LogP contribution in [0.3, 0.4) is 0 Å². The van der Waals surface area contributed by atoms with Crippen molar-refractivity contribution in [2.75, 3.05) is 13.2 Å². The van der Waals surface area contributed by atoms with Gasteiger partial charge in [0, 0.05) is 6.54 Å². The van der Waals surface area contributed by atoms with Gasteiger partial charge in [0.25, 0.3) is 5.91 Å². The molecule has 1 N–H and O–H groups in total. The van der Waals surface area contributed by atoms with Crippen LogP contribution in [0, 0.1) is 0 Å². The topological polar surface area (TPSA) is 53.7 Å². The van der Waals surface area contributed by atoms with E-state index in [-0.39, 0.29) is 18.6 Å². The fourth-order valence-corrected chi connectivity index (χ4v) is 2.30. The minimum Gasteiger partial charge on any atom is -0.457 e. The minimum atomic E-state index is -0.0767. The maximum Gasteiger partial charge on any atom is 0.258 e. The number of furan rings is 1. The molecular formula is C10H12BrNO3. The van der Waals surface area contributed by atoms with Crippen molar-refractivity contribution in [3.63, 3.8) is 0 Å². The van der Waals surface area contributed by atoms with E-state index in [2.05, 4.69) is 15.9 Å². The number of amides is 1. The highest BCUT2D eigenvalue weighted by atomic mass is 79.9. The molecule has 5 heteroatoms. The molecular weight excluding hydrogens is 262 g/mol. The first kappa shape index (κ1) is 10.7. The van der Waals surface area contributed by atoms with E-state index in [4.69, 9.17) is 9.52 Å². The summed E-state index contributed by atoms with van der Waals surface area (Å²) in [5, 5.41) is 9.12. The van der Waals surface area contributed by atoms with E-state index in [9.17, 15) is 4.79 Å². The van der Waals surface area contributed by atoms with Crippen LogP contribution in [0.5, 0.6) is 0 Å². The second-order valence-electron chi connectivity index (χ2n) is 3.59. The largest absolute Gasteiger partial charge is 0.457 e. The summed E-state index contributed by atoms with van der Waals surface area (Å²) in [5.74, 6) is -0.0767. The van der Waals surface area contributed by atoms with Crippen LogP contribution in [0.25, 0.3) is 0 Å². The van der Waals surface area contributed by atoms with Crippen LogP contribution in [-0.2, 0) is 0 Å². The molecule has 0 aliphatic carbocycles. The number of nitrogens with zero attached hydrogens (tertiary/aromatic N) is 1. The van der Waals surface area contributed by atoms with Crippen molar-refractivity contribution in [2.24, 2.45) is 0 Å². The molecule has 0 radical (unpaired) electrons. The molecule has 1 aliphatic heterocycles. The Hall–Kier alpha value is -0.810. The predicted molar refractivity (Wildman–Crippen MR) is 57.6 cm³/mol. The van der Waals surface area contributed by atoms with Crippen molar-refractivity contribution in [3.05, 3.63) is 22.6 Å². The summed E-state index contributed by atoms with van der Waals surface area (Å²) in [6, 6.07) is 1.60. The molecule has 1 atom stereocenters. The highest BCUT2D eigenvalue weighted by Gasteiger charge is 2.30. The molecule has 0 saturated carbocycles. The summed E-state index contributed by atoms with van der Waals surface area (Å²) in [6.45, 7) is 0.739. The average Bonchev–Trinajstić information content (AvgIpc) is 2.84. The molecule has 15 heavy (non-hydrogen) atoms. The lowest BCUT2D eigenvalue weighted by Gasteiger charge is -2.22. The summed E-state index contributed by atoms with van der Waals surface area (Å²) in [5.41, 5.74) is 0.523. The lowest BCUT2D eigenvalue weighted by Crippen LogP contribution is -2.37. The van der Waals surface area contributed by atoms with Crippen molar-refractivity contribution in [2.45, 2.75) is 18.9 Å². The van der Waals surface area contributed by atoms with Crippen LogP contribution in [0.2, 0.25) is 0 Å². The van der Waals surface area contributed by atoms with E-state index in [0.29, 0.717) is 16.8 Å². The van der Waals surface area contributed by atoms with Crippen molar-refractivity contribution >= 4 is 21.8 Å². The fraction of sp³-hybridized carbons (Fsp3) is 0.500. The van der Waals surface area contributed by atoms with Crippen molar-refractivity contribution in [1.29, 1.82) is 0 Å². The van der Waals surface area contributed by atoms with Crippen LogP contribution in [-0.4, -0.2) is 35.1 Å². The Labute approximate surface area is 96.0 Å². The SMILES string of the molecule is O=C(c1ccoc1Br)N1CCC[C@H]1CO. The molecule has 0 aromatic carbocycles. The molecule has 4 nitrogen and oxygen atoms in total. The van der Waals surface area contributed by atoms with E-state index in [1.807, 2.05) is 0 Å². The highest BCUT2D eigenvalue weighted by Crippen LogP contribution is 2.24. The maximum atomic E-state index is 12.0. The Morgan fingerprint density at radius 3 is 3.13 bits per heavy atom. The van der Waals surface area contributed by atoms with Gasteiger partial charge in [0.2, 0.25) is 0 Å². The summed E-state index contributed by atoms with van der Waals surface area (Å²) >= 11 is 3.18. The Kier molecular flexibility index (Phi) is 3.11. The molecule has 1 aromatic heterocycles. The summed E-state index contributed by atoms with van der Waals surface area (Å²) < 4.78 is 5.48. The molecule has 1 saturated heterocycles. The minimum absolute atomic E-state index is 0.0290. The van der Waals surface area contributed by atoms with Crippen LogP contribution in [0.1, 0.15) is 23.2 Å². The third-order valence-corrected chi connectivity index (χ3v) is 3.31. The maximum absolute atomic E-state index is 12.0. The molecule has 1 amide bonds. The lowest BCUT2D eigenvalue weighted by molar-refractivity contribution is 0.0675. The second-order valence-corrected chi connectivity index (χ2v) is 4.31. The van der Waals surface area contributed by atoms with E-state index in [1.165, 1.54) is 6.26 Å². The first-order valence-electron chi connectivity index (χ1n) is 4.89. The van der Waals surface area contributed by atoms with E-state index < -0.39 is 0 Å². The zero-order valence-corrected chi connectivity index (χ0v) is 9.74. The Bertz CT molecular complexity index is 363. The van der Waals surface area contributed by atoms with Crippen molar-refractivity contribution < 1.29 is 14.3 Å². The summed E-state index contributed by atoms with van der Waals surface area (Å²) in [7, 11) is 0. The molecule has 2 heterocycles. The summed E-state index contributed by atoms with van der Waals surface area (Å²) in [6.07, 6.45) is 3.30. The van der Waals surface area contributed by atoms with Gasteiger partial charge in [-0.3, -0.25) is 4.79 Å². The number of hydrogen-bond donors (Lipinski definition) is 1. The Morgan fingerprint density at radius 1 is 1.73 bits per heavy atom. The normalized spacial score (nSPS) is 20.9. The standard InChI is InChI=1S/C10H12BrNO3/c11-9-8(3-5-15-9)10(14)12-4-1-2-7(12)6-13/h3,5,7,13H,1-2,4,6H2/t7-/m0/s1. The Balaban J connectivity index is 2.18. The van der Waals surface area contributed by atoms with Gasteiger partial charge in [-0.25, -0.2) is 0 Å². The van der Waals surface area contributed by atoms with Crippen LogP contribution in [0.15, 0.2) is 21.4 Å². The fourth-order valence-electron chi connectivity index (χ4n) is 1.89. The van der Waals surface area contributed by atoms with Gasteiger partial charge >= 0.3 is 0 Å². The number of aliphatic hydroxyl groups is 1. The van der Waals surface area contributed by atoms with Gasteiger partial charge in [-0.1, -0.05) is 0 Å². The van der Waals surface area contributed by atoms with Gasteiger partial charge in [0.1, 0.15) is 0 Å². The van der Waals surface area contributed by atoms with Crippen LogP contribution in [0.4, 0.5) is 0 Å². The van der Waals surface area contributed by atoms with E-state index >= 15 is 0 Å². The van der Waals surface area contributed by atoms with E-state index in [1.54, 1.807) is 11.0 Å². The second kappa shape index (κ2) is 4.37. The van der Waals surface area contributed by atoms with Gasteiger partial charge in [-0.15, -0.1) is 0 Å². The van der Waals surface area contributed by atoms with Crippen LogP contribution >= 0.6 is 15.9 Å². The van der Waals surface area contributed by atoms with Gasteiger partial charge in [-0.2, -0.15) is 0 Å². The highest BCUT2D eigenvalue weighted by molar-refractivity contribution is 9.10. The third-order valence-electron chi connectivity index (χ3n) is 2.70. The number of carbonyl (C=O) groups excluding carboxylic acids is 1. The first-order valence-corrected chi connectivity index (χ1v) is 5.68. The first-order chi connectivity index (χ1) is 7.24. The molecule has 0 spiro atoms. The Morgan fingerprint density at radius 2 is 2.53 bits per heavy atom. The molecule has 0 unspecified atom stereocenters. The number of halogens is 1. The molecule has 1 fully saturated rings. The van der Waals surface area contributed by atoms with Gasteiger partial charge in [-0.05, 0) is 34.8 Å². The summed E-state index contributed by atoms with van der Waals surface area (Å²) in [4.78, 5) is 13.7. The molecule has 2 rings (SSSR count).